The Morgan fingerprint density at radius 3 is 1.50 bits per heavy atom. The van der Waals surface area contributed by atoms with Gasteiger partial charge in [-0.1, -0.05) is 0 Å². The minimum absolute atomic E-state index is 0.0101. The molecule has 0 amide bonds. The topological polar surface area (TPSA) is 208 Å². The average molecular weight is 599 g/mol. The first-order chi connectivity index (χ1) is 19.0. The number of rotatable bonds is 18. The molecule has 0 radical (unpaired) electrons. The van der Waals surface area contributed by atoms with Gasteiger partial charge in [-0.15, -0.1) is 0 Å². The first kappa shape index (κ1) is 34.6. The summed E-state index contributed by atoms with van der Waals surface area (Å²) in [6.07, 6.45) is 1.40. The van der Waals surface area contributed by atoms with Gasteiger partial charge in [0.05, 0.1) is 55.1 Å². The van der Waals surface area contributed by atoms with Crippen molar-refractivity contribution >= 4 is 32.4 Å². The second-order valence-electron chi connectivity index (χ2n) is 7.95. The van der Waals surface area contributed by atoms with Crippen LogP contribution >= 0.6 is 10.9 Å². The number of unbranched alkanes of at least 4 members (excludes halogenated alkanes) is 2. The molecule has 0 unspecified atom stereocenters. The number of nitrogens with zero attached hydrogens (tertiary/aromatic N) is 4. The summed E-state index contributed by atoms with van der Waals surface area (Å²) in [5, 5.41) is 19.0. The van der Waals surface area contributed by atoms with Crippen LogP contribution in [0.5, 0.6) is 11.5 Å². The van der Waals surface area contributed by atoms with Gasteiger partial charge in [0.1, 0.15) is 24.7 Å². The molecule has 0 saturated carbocycles. The van der Waals surface area contributed by atoms with Crippen molar-refractivity contribution in [3.8, 4) is 23.6 Å². The zero-order valence-electron chi connectivity index (χ0n) is 21.5. The summed E-state index contributed by atoms with van der Waals surface area (Å²) in [7, 11) is -7.56. The zero-order valence-corrected chi connectivity index (χ0v) is 23.1. The highest BCUT2D eigenvalue weighted by Gasteiger charge is 2.13. The van der Waals surface area contributed by atoms with E-state index < -0.39 is 21.0 Å². The van der Waals surface area contributed by atoms with Crippen LogP contribution in [0.3, 0.4) is 0 Å². The molecule has 16 heteroatoms. The van der Waals surface area contributed by atoms with Crippen LogP contribution in [0, 0.1) is 35.8 Å². The Bertz CT molecular complexity index is 1350. The van der Waals surface area contributed by atoms with Crippen LogP contribution in [-0.2, 0) is 19.6 Å². The van der Waals surface area contributed by atoms with E-state index in [1.165, 1.54) is 12.1 Å². The van der Waals surface area contributed by atoms with Gasteiger partial charge in [0, 0.05) is 29.4 Å². The molecule has 1 aromatic rings. The summed E-state index contributed by atoms with van der Waals surface area (Å²) in [4.78, 5) is 6.42. The van der Waals surface area contributed by atoms with Crippen LogP contribution in [0.2, 0.25) is 0 Å². The average Bonchev–Trinajstić information content (AvgIpc) is 2.88. The third-order valence-corrected chi connectivity index (χ3v) is 6.54. The fourth-order valence-electron chi connectivity index (χ4n) is 3.07. The Morgan fingerprint density at radius 2 is 1.15 bits per heavy atom. The van der Waals surface area contributed by atoms with Gasteiger partial charge < -0.3 is 32.6 Å². The minimum Gasteiger partial charge on any atom is -0.492 e. The van der Waals surface area contributed by atoms with E-state index in [0.29, 0.717) is 19.3 Å². The number of hydrogen-bond donors (Lipinski definition) is 4. The van der Waals surface area contributed by atoms with Crippen LogP contribution in [0.4, 0.5) is 0 Å². The maximum Gasteiger partial charge on any atom is 0.272 e. The zero-order chi connectivity index (χ0) is 30.0. The Balaban J connectivity index is 2.97. The standard InChI is InChI=1S/C24H30N4O10S2/c1-27-21(17-25)19-15-24(38-12-10-36-8-4-6-14-40(32,33)34)20(22(18-26)28-2)16-23(19)37-11-9-35-7-3-5-13-39(29,30)31/h15-16,29-31H,3-14H2,(H,32,33,34)/b21-19-,22-20+. The van der Waals surface area contributed by atoms with Crippen molar-refractivity contribution in [1.29, 1.82) is 10.5 Å². The van der Waals surface area contributed by atoms with Gasteiger partial charge in [-0.2, -0.15) is 8.42 Å². The van der Waals surface area contributed by atoms with Crippen LogP contribution in [0.25, 0.3) is 21.1 Å². The van der Waals surface area contributed by atoms with Crippen LogP contribution in [-0.4, -0.2) is 77.8 Å². The molecule has 14 nitrogen and oxygen atoms in total. The molecule has 0 aliphatic carbocycles. The van der Waals surface area contributed by atoms with Crippen LogP contribution in [0.15, 0.2) is 12.1 Å². The lowest BCUT2D eigenvalue weighted by Crippen LogP contribution is -2.22. The predicted molar refractivity (Wildman–Crippen MR) is 145 cm³/mol. The lowest BCUT2D eigenvalue weighted by Gasteiger charge is -2.18. The summed E-state index contributed by atoms with van der Waals surface area (Å²) in [5.41, 5.74) is -0.628. The summed E-state index contributed by atoms with van der Waals surface area (Å²) in [6, 6.07) is 6.20. The van der Waals surface area contributed by atoms with Crippen molar-refractivity contribution in [3.05, 3.63) is 45.4 Å². The Labute approximate surface area is 234 Å². The quantitative estimate of drug-likeness (QED) is 0.109. The Morgan fingerprint density at radius 1 is 0.725 bits per heavy atom. The summed E-state index contributed by atoms with van der Waals surface area (Å²) in [5.74, 6) is -0.423. The molecular formula is C24H30N4O10S2. The van der Waals surface area contributed by atoms with Crippen molar-refractivity contribution < 1.29 is 45.6 Å². The molecule has 218 valence electrons. The Kier molecular flexibility index (Phi) is 15.6. The highest BCUT2D eigenvalue weighted by Crippen LogP contribution is 2.33. The van der Waals surface area contributed by atoms with Crippen molar-refractivity contribution in [2.75, 3.05) is 51.1 Å². The minimum atomic E-state index is -4.03. The number of hydrogen-bond acceptors (Lipinski definition) is 11. The maximum atomic E-state index is 10.7. The molecule has 4 N–H and O–H groups in total. The molecule has 0 bridgehead atoms. The van der Waals surface area contributed by atoms with E-state index in [0.717, 1.165) is 0 Å². The van der Waals surface area contributed by atoms with E-state index in [1.54, 1.807) is 12.1 Å². The molecule has 0 aromatic heterocycles. The SMILES string of the molecule is [C-]#[N+]/C(C#N)=c1/cc(OCCOCCCCS(=O)(=O)O)/c(=C(\C#N)[N+]#[C-])cc1OCCOCCCCS(O)(O)O. The van der Waals surface area contributed by atoms with Crippen molar-refractivity contribution in [3.63, 3.8) is 0 Å². The lowest BCUT2D eigenvalue weighted by molar-refractivity contribution is 0.0963. The lowest BCUT2D eigenvalue weighted by atomic mass is 10.1. The first-order valence-corrected chi connectivity index (χ1v) is 15.1. The van der Waals surface area contributed by atoms with Crippen LogP contribution in [0.1, 0.15) is 25.7 Å². The molecule has 0 saturated heterocycles. The number of nitriles is 2. The summed E-state index contributed by atoms with van der Waals surface area (Å²) < 4.78 is 79.2. The van der Waals surface area contributed by atoms with Gasteiger partial charge in [0.15, 0.2) is 0 Å². The van der Waals surface area contributed by atoms with Gasteiger partial charge in [0.25, 0.3) is 21.5 Å². The van der Waals surface area contributed by atoms with Crippen molar-refractivity contribution in [2.45, 2.75) is 25.7 Å². The largest absolute Gasteiger partial charge is 0.492 e. The fourth-order valence-corrected chi connectivity index (χ4v) is 4.23. The molecule has 0 atom stereocenters. The molecule has 1 aromatic carbocycles. The molecular weight excluding hydrogens is 568 g/mol. The second-order valence-corrected chi connectivity index (χ2v) is 11.2. The number of benzene rings is 1. The molecule has 1 rings (SSSR count). The van der Waals surface area contributed by atoms with E-state index in [4.69, 9.17) is 50.3 Å². The maximum absolute atomic E-state index is 10.7. The molecule has 0 aliphatic heterocycles. The highest BCUT2D eigenvalue weighted by molar-refractivity contribution is 8.19. The van der Waals surface area contributed by atoms with Gasteiger partial charge in [0.2, 0.25) is 0 Å². The normalized spacial score (nSPS) is 13.2. The van der Waals surface area contributed by atoms with Gasteiger partial charge in [-0.25, -0.2) is 20.2 Å². The number of ether oxygens (including phenoxy) is 4. The van der Waals surface area contributed by atoms with Crippen molar-refractivity contribution in [2.24, 2.45) is 0 Å². The van der Waals surface area contributed by atoms with E-state index in [-0.39, 0.29) is 90.9 Å². The molecule has 40 heavy (non-hydrogen) atoms. The smallest absolute Gasteiger partial charge is 0.272 e. The molecule has 0 spiro atoms. The fraction of sp³-hybridized carbons (Fsp3) is 0.500. The third kappa shape index (κ3) is 14.1. The van der Waals surface area contributed by atoms with E-state index in [9.17, 15) is 18.9 Å². The van der Waals surface area contributed by atoms with Gasteiger partial charge in [-0.3, -0.25) is 4.55 Å². The predicted octanol–water partition coefficient (Wildman–Crippen LogP) is 2.25. The Hall–Kier alpha value is -3.42. The summed E-state index contributed by atoms with van der Waals surface area (Å²) >= 11 is 0. The van der Waals surface area contributed by atoms with Gasteiger partial charge >= 0.3 is 0 Å². The highest BCUT2D eigenvalue weighted by atomic mass is 32.3. The van der Waals surface area contributed by atoms with E-state index in [2.05, 4.69) is 9.69 Å². The molecule has 0 heterocycles. The van der Waals surface area contributed by atoms with Crippen molar-refractivity contribution in [1.82, 2.24) is 0 Å². The second kappa shape index (κ2) is 18.0. The first-order valence-electron chi connectivity index (χ1n) is 11.8. The van der Waals surface area contributed by atoms with E-state index in [1.807, 2.05) is 0 Å². The molecule has 0 fully saturated rings. The van der Waals surface area contributed by atoms with Gasteiger partial charge in [-0.05, 0) is 37.8 Å². The summed E-state index contributed by atoms with van der Waals surface area (Å²) in [6.45, 7) is 15.3. The molecule has 0 aliphatic rings. The van der Waals surface area contributed by atoms with Crippen LogP contribution < -0.4 is 19.9 Å². The third-order valence-electron chi connectivity index (χ3n) is 4.90. The monoisotopic (exact) mass is 598 g/mol. The van der Waals surface area contributed by atoms with E-state index >= 15 is 0 Å².